The molecular formula is C14H18BrN3S. The molecule has 1 saturated carbocycles. The van der Waals surface area contributed by atoms with Gasteiger partial charge in [-0.25, -0.2) is 9.97 Å². The highest BCUT2D eigenvalue weighted by molar-refractivity contribution is 9.09. The van der Waals surface area contributed by atoms with Crippen molar-refractivity contribution >= 4 is 43.3 Å². The number of aromatic nitrogens is 2. The van der Waals surface area contributed by atoms with E-state index in [1.54, 1.807) is 17.7 Å². The Hall–Kier alpha value is -0.680. The first-order valence-electron chi connectivity index (χ1n) is 6.83. The number of aryl methyl sites for hydroxylation is 1. The molecule has 0 aliphatic heterocycles. The number of hydrogen-bond donors (Lipinski definition) is 0. The molecule has 0 atom stereocenters. The van der Waals surface area contributed by atoms with Crippen molar-refractivity contribution in [1.29, 1.82) is 0 Å². The maximum atomic E-state index is 4.58. The molecule has 5 heteroatoms. The van der Waals surface area contributed by atoms with E-state index in [2.05, 4.69) is 43.8 Å². The first kappa shape index (κ1) is 13.3. The van der Waals surface area contributed by atoms with Gasteiger partial charge in [-0.05, 0) is 38.7 Å². The molecule has 1 aliphatic rings. The lowest BCUT2D eigenvalue weighted by molar-refractivity contribution is 0.385. The molecule has 0 aromatic carbocycles. The standard InChI is InChI=1S/C14H18BrN3S/c1-10-8-12-13(16-9-17-14(12)19-10)18(7-3-6-15)11-4-2-5-11/h8-9,11H,2-7H2,1H3. The summed E-state index contributed by atoms with van der Waals surface area (Å²) in [5.74, 6) is 1.14. The van der Waals surface area contributed by atoms with Crippen molar-refractivity contribution in [2.24, 2.45) is 0 Å². The molecule has 0 saturated heterocycles. The predicted molar refractivity (Wildman–Crippen MR) is 85.5 cm³/mol. The van der Waals surface area contributed by atoms with Gasteiger partial charge in [0.25, 0.3) is 0 Å². The second kappa shape index (κ2) is 5.75. The first-order valence-corrected chi connectivity index (χ1v) is 8.77. The Labute approximate surface area is 126 Å². The Morgan fingerprint density at radius 1 is 1.42 bits per heavy atom. The number of thiophene rings is 1. The third-order valence-corrected chi connectivity index (χ3v) is 5.27. The summed E-state index contributed by atoms with van der Waals surface area (Å²) in [6, 6.07) is 2.91. The summed E-state index contributed by atoms with van der Waals surface area (Å²) in [5, 5.41) is 2.28. The Morgan fingerprint density at radius 3 is 2.95 bits per heavy atom. The van der Waals surface area contributed by atoms with Gasteiger partial charge in [-0.2, -0.15) is 0 Å². The number of nitrogens with zero attached hydrogens (tertiary/aromatic N) is 3. The third kappa shape index (κ3) is 2.63. The summed E-state index contributed by atoms with van der Waals surface area (Å²) < 4.78 is 0. The van der Waals surface area contributed by atoms with Gasteiger partial charge in [-0.1, -0.05) is 15.9 Å². The van der Waals surface area contributed by atoms with E-state index in [0.29, 0.717) is 6.04 Å². The van der Waals surface area contributed by atoms with Crippen LogP contribution in [0, 0.1) is 6.92 Å². The zero-order chi connectivity index (χ0) is 13.2. The highest BCUT2D eigenvalue weighted by atomic mass is 79.9. The lowest BCUT2D eigenvalue weighted by Gasteiger charge is -2.38. The largest absolute Gasteiger partial charge is 0.353 e. The van der Waals surface area contributed by atoms with E-state index in [4.69, 9.17) is 0 Å². The van der Waals surface area contributed by atoms with E-state index in [9.17, 15) is 0 Å². The smallest absolute Gasteiger partial charge is 0.141 e. The predicted octanol–water partition coefficient (Wildman–Crippen LogP) is 4.14. The van der Waals surface area contributed by atoms with E-state index >= 15 is 0 Å². The molecule has 0 amide bonds. The maximum Gasteiger partial charge on any atom is 0.141 e. The van der Waals surface area contributed by atoms with Crippen molar-refractivity contribution in [3.8, 4) is 0 Å². The summed E-state index contributed by atoms with van der Waals surface area (Å²) >= 11 is 5.29. The summed E-state index contributed by atoms with van der Waals surface area (Å²) in [5.41, 5.74) is 0. The van der Waals surface area contributed by atoms with E-state index in [1.165, 1.54) is 29.5 Å². The second-order valence-corrected chi connectivity index (χ2v) is 7.12. The molecule has 2 heterocycles. The molecule has 0 radical (unpaired) electrons. The molecule has 1 aliphatic carbocycles. The maximum absolute atomic E-state index is 4.58. The average Bonchev–Trinajstić information content (AvgIpc) is 2.72. The SMILES string of the molecule is Cc1cc2c(N(CCCBr)C3CCC3)ncnc2s1. The lowest BCUT2D eigenvalue weighted by atomic mass is 9.91. The molecule has 3 nitrogen and oxygen atoms in total. The summed E-state index contributed by atoms with van der Waals surface area (Å²) in [6.45, 7) is 3.22. The Bertz CT molecular complexity index is 565. The van der Waals surface area contributed by atoms with Crippen LogP contribution in [-0.2, 0) is 0 Å². The number of rotatable bonds is 5. The average molecular weight is 340 g/mol. The molecule has 0 unspecified atom stereocenters. The number of anilines is 1. The van der Waals surface area contributed by atoms with Crippen LogP contribution in [0.25, 0.3) is 10.2 Å². The molecule has 2 aromatic heterocycles. The minimum Gasteiger partial charge on any atom is -0.353 e. The van der Waals surface area contributed by atoms with E-state index in [0.717, 1.165) is 28.9 Å². The minimum absolute atomic E-state index is 0.678. The molecule has 2 aromatic rings. The highest BCUT2D eigenvalue weighted by Gasteiger charge is 2.27. The van der Waals surface area contributed by atoms with E-state index < -0.39 is 0 Å². The number of hydrogen-bond acceptors (Lipinski definition) is 4. The van der Waals surface area contributed by atoms with Gasteiger partial charge in [0.2, 0.25) is 0 Å². The Kier molecular flexibility index (Phi) is 4.03. The van der Waals surface area contributed by atoms with Crippen LogP contribution < -0.4 is 4.90 Å². The van der Waals surface area contributed by atoms with Crippen LogP contribution in [-0.4, -0.2) is 27.9 Å². The molecule has 3 rings (SSSR count). The topological polar surface area (TPSA) is 29.0 Å². The number of halogens is 1. The van der Waals surface area contributed by atoms with Gasteiger partial charge < -0.3 is 4.90 Å². The Morgan fingerprint density at radius 2 is 2.26 bits per heavy atom. The fraction of sp³-hybridized carbons (Fsp3) is 0.571. The van der Waals surface area contributed by atoms with Crippen LogP contribution in [0.3, 0.4) is 0 Å². The van der Waals surface area contributed by atoms with E-state index in [1.807, 2.05) is 0 Å². The van der Waals surface area contributed by atoms with Crippen LogP contribution in [0.15, 0.2) is 12.4 Å². The summed E-state index contributed by atoms with van der Waals surface area (Å²) in [7, 11) is 0. The van der Waals surface area contributed by atoms with Crippen LogP contribution in [0.2, 0.25) is 0 Å². The molecule has 0 bridgehead atoms. The molecular weight excluding hydrogens is 322 g/mol. The van der Waals surface area contributed by atoms with Crippen LogP contribution in [0.5, 0.6) is 0 Å². The van der Waals surface area contributed by atoms with Gasteiger partial charge in [-0.15, -0.1) is 11.3 Å². The molecule has 0 spiro atoms. The summed E-state index contributed by atoms with van der Waals surface area (Å²) in [4.78, 5) is 13.9. The summed E-state index contributed by atoms with van der Waals surface area (Å²) in [6.07, 6.45) is 6.83. The zero-order valence-electron chi connectivity index (χ0n) is 11.1. The van der Waals surface area contributed by atoms with Gasteiger partial charge in [0, 0.05) is 22.8 Å². The van der Waals surface area contributed by atoms with Gasteiger partial charge >= 0.3 is 0 Å². The normalized spacial score (nSPS) is 15.7. The zero-order valence-corrected chi connectivity index (χ0v) is 13.5. The van der Waals surface area contributed by atoms with E-state index in [-0.39, 0.29) is 0 Å². The lowest BCUT2D eigenvalue weighted by Crippen LogP contribution is -2.41. The van der Waals surface area contributed by atoms with Crippen molar-refractivity contribution in [3.63, 3.8) is 0 Å². The highest BCUT2D eigenvalue weighted by Crippen LogP contribution is 2.34. The number of fused-ring (bicyclic) bond motifs is 1. The van der Waals surface area contributed by atoms with Gasteiger partial charge in [0.05, 0.1) is 5.39 Å². The van der Waals surface area contributed by atoms with Crippen molar-refractivity contribution in [2.45, 2.75) is 38.6 Å². The molecule has 102 valence electrons. The van der Waals surface area contributed by atoms with Crippen molar-refractivity contribution in [2.75, 3.05) is 16.8 Å². The molecule has 1 fully saturated rings. The number of alkyl halides is 1. The third-order valence-electron chi connectivity index (χ3n) is 3.75. The molecule has 0 N–H and O–H groups in total. The van der Waals surface area contributed by atoms with Crippen LogP contribution in [0.1, 0.15) is 30.6 Å². The van der Waals surface area contributed by atoms with Crippen molar-refractivity contribution in [1.82, 2.24) is 9.97 Å². The van der Waals surface area contributed by atoms with Gasteiger partial charge in [-0.3, -0.25) is 0 Å². The fourth-order valence-corrected chi connectivity index (χ4v) is 3.67. The van der Waals surface area contributed by atoms with Gasteiger partial charge in [0.1, 0.15) is 17.0 Å². The van der Waals surface area contributed by atoms with Crippen LogP contribution in [0.4, 0.5) is 5.82 Å². The first-order chi connectivity index (χ1) is 9.29. The van der Waals surface area contributed by atoms with Crippen LogP contribution >= 0.6 is 27.3 Å². The monoisotopic (exact) mass is 339 g/mol. The quantitative estimate of drug-likeness (QED) is 0.766. The van der Waals surface area contributed by atoms with Crippen molar-refractivity contribution in [3.05, 3.63) is 17.3 Å². The minimum atomic E-state index is 0.678. The van der Waals surface area contributed by atoms with Crippen molar-refractivity contribution < 1.29 is 0 Å². The molecule has 19 heavy (non-hydrogen) atoms. The van der Waals surface area contributed by atoms with Gasteiger partial charge in [0.15, 0.2) is 0 Å². The fourth-order valence-electron chi connectivity index (χ4n) is 2.58. The Balaban J connectivity index is 1.98. The second-order valence-electron chi connectivity index (χ2n) is 5.09.